The lowest BCUT2D eigenvalue weighted by Crippen LogP contribution is -2.48. The number of nitrogens with two attached hydrogens (primary N) is 2. The van der Waals surface area contributed by atoms with E-state index in [2.05, 4.69) is 45.1 Å². The monoisotopic (exact) mass is 1030 g/mol. The van der Waals surface area contributed by atoms with Crippen LogP contribution in [0, 0.1) is 0 Å². The topological polar surface area (TPSA) is 443 Å². The zero-order valence-corrected chi connectivity index (χ0v) is 39.1. The molecule has 0 bridgehead atoms. The minimum Gasteiger partial charge on any atom is -0.455 e. The van der Waals surface area contributed by atoms with Gasteiger partial charge in [0.2, 0.25) is 0 Å². The van der Waals surface area contributed by atoms with Gasteiger partial charge in [0.05, 0.1) is 19.5 Å². The van der Waals surface area contributed by atoms with Gasteiger partial charge in [-0.2, -0.15) is 4.98 Å². The average Bonchev–Trinajstić information content (AvgIpc) is 3.97. The van der Waals surface area contributed by atoms with Crippen LogP contribution in [0.4, 0.5) is 26.9 Å². The molecule has 0 aliphatic carbocycles. The molecule has 2 fully saturated rings. The van der Waals surface area contributed by atoms with Crippen LogP contribution in [0.25, 0.3) is 21.6 Å². The number of aliphatic hydroxyl groups excluding tert-OH is 1. The fourth-order valence-corrected chi connectivity index (χ4v) is 8.23. The second-order valence-electron chi connectivity index (χ2n) is 16.3. The van der Waals surface area contributed by atoms with Crippen molar-refractivity contribution in [2.45, 2.75) is 101 Å². The Balaban J connectivity index is 1.17. The number of benzene rings is 1. The van der Waals surface area contributed by atoms with Crippen molar-refractivity contribution in [1.82, 2.24) is 39.7 Å². The summed E-state index contributed by atoms with van der Waals surface area (Å²) in [5.41, 5.74) is 19.3. The number of fused-ring (bicyclic) bond motifs is 1. The van der Waals surface area contributed by atoms with Gasteiger partial charge in [0.1, 0.15) is 66.6 Å². The Hall–Kier alpha value is -6.33. The molecule has 0 radical (unpaired) electrons. The minimum absolute atomic E-state index is 0.0328. The number of rotatable bonds is 20. The van der Waals surface area contributed by atoms with Gasteiger partial charge in [0.25, 0.3) is 0 Å². The molecule has 6 rings (SSSR count). The van der Waals surface area contributed by atoms with Crippen LogP contribution in [0.5, 0.6) is 0 Å². The van der Waals surface area contributed by atoms with Crippen molar-refractivity contribution >= 4 is 62.3 Å². The first-order valence-corrected chi connectivity index (χ1v) is 23.9. The van der Waals surface area contributed by atoms with Gasteiger partial charge in [-0.15, -0.1) is 0 Å². The van der Waals surface area contributed by atoms with Crippen molar-refractivity contribution in [3.8, 4) is 0 Å². The molecule has 10 N–H and O–H groups in total. The van der Waals surface area contributed by atoms with E-state index in [0.717, 1.165) is 10.9 Å². The maximum absolute atomic E-state index is 14.0. The number of esters is 1. The van der Waals surface area contributed by atoms with E-state index >= 15 is 0 Å². The van der Waals surface area contributed by atoms with Crippen LogP contribution in [0.2, 0.25) is 0 Å². The number of hydrogen-bond donors (Lipinski definition) is 8. The fraction of sp³-hybridized carbons (Fsp3) is 0.514. The lowest BCUT2D eigenvalue weighted by molar-refractivity contribution is -0.159. The minimum atomic E-state index is -5.30. The molecular formula is C37H49N13O18P2. The van der Waals surface area contributed by atoms with E-state index in [1.54, 1.807) is 32.9 Å². The number of amides is 2. The van der Waals surface area contributed by atoms with Gasteiger partial charge in [-0.05, 0) is 50.8 Å². The zero-order valence-electron chi connectivity index (χ0n) is 37.3. The number of ether oxygens (including phenoxy) is 5. The van der Waals surface area contributed by atoms with Gasteiger partial charge in [-0.1, -0.05) is 29.4 Å². The number of azide groups is 1. The lowest BCUT2D eigenvalue weighted by Gasteiger charge is -2.26. The molecule has 9 atom stereocenters. The molecule has 1 aromatic carbocycles. The third-order valence-corrected chi connectivity index (χ3v) is 11.5. The Morgan fingerprint density at radius 2 is 1.74 bits per heavy atom. The lowest BCUT2D eigenvalue weighted by atomic mass is 10.1. The van der Waals surface area contributed by atoms with E-state index in [4.69, 9.17) is 49.7 Å². The highest BCUT2D eigenvalue weighted by molar-refractivity contribution is 7.47. The third kappa shape index (κ3) is 14.6. The maximum Gasteiger partial charge on any atom is 0.472 e. The van der Waals surface area contributed by atoms with E-state index in [1.807, 2.05) is 0 Å². The summed E-state index contributed by atoms with van der Waals surface area (Å²) in [5.74, 6) is -1.32. The van der Waals surface area contributed by atoms with Gasteiger partial charge in [-0.25, -0.2) is 43.3 Å². The molecule has 2 aliphatic heterocycles. The van der Waals surface area contributed by atoms with Crippen molar-refractivity contribution in [2.24, 2.45) is 5.11 Å². The van der Waals surface area contributed by atoms with Crippen molar-refractivity contribution in [3.63, 3.8) is 0 Å². The Morgan fingerprint density at radius 1 is 1.01 bits per heavy atom. The number of aliphatic hydroxyl groups is 1. The maximum atomic E-state index is 14.0. The summed E-state index contributed by atoms with van der Waals surface area (Å²) >= 11 is 0. The number of hydrogen-bond acceptors (Lipinski definition) is 22. The van der Waals surface area contributed by atoms with Gasteiger partial charge in [-0.3, -0.25) is 22.7 Å². The largest absolute Gasteiger partial charge is 0.472 e. The summed E-state index contributed by atoms with van der Waals surface area (Å²) in [6.07, 6.45) is -9.82. The predicted octanol–water partition coefficient (Wildman–Crippen LogP) is 1.86. The molecule has 2 amide bonds. The SMILES string of the molecule is CC(C)(C)OC(=O)NC(CCCNC(=O)OCc1ccc(N=[N+]=[N-])cc1)C(=O)O[C@H]1[C@@H](O)[C@H](n2cnc3c(N)ncnc32)O[C@@H]1COP(=O)(O)O[C@H]1C[C@H](n2ccc(N)nc2=O)O[C@@H]1COP(=O)(O)O. The van der Waals surface area contributed by atoms with E-state index < -0.39 is 107 Å². The van der Waals surface area contributed by atoms with Crippen LogP contribution in [0.15, 0.2) is 59.1 Å². The first-order chi connectivity index (χ1) is 33.0. The van der Waals surface area contributed by atoms with E-state index in [9.17, 15) is 48.1 Å². The molecule has 31 nitrogen and oxygen atoms in total. The highest BCUT2D eigenvalue weighted by atomic mass is 31.2. The van der Waals surface area contributed by atoms with Crippen LogP contribution in [-0.4, -0.2) is 129 Å². The molecule has 0 spiro atoms. The molecule has 4 aromatic rings. The molecule has 0 saturated carbocycles. The second-order valence-corrected chi connectivity index (χ2v) is 19.0. The summed E-state index contributed by atoms with van der Waals surface area (Å²) in [7, 11) is -10.4. The number of aromatic nitrogens is 6. The third-order valence-electron chi connectivity index (χ3n) is 10.0. The Bertz CT molecular complexity index is 2710. The fourth-order valence-electron chi connectivity index (χ4n) is 6.92. The van der Waals surface area contributed by atoms with Crippen molar-refractivity contribution < 1.29 is 80.6 Å². The second kappa shape index (κ2) is 22.6. The van der Waals surface area contributed by atoms with E-state index in [1.165, 1.54) is 35.3 Å². The summed E-state index contributed by atoms with van der Waals surface area (Å²) in [5, 5.41) is 20.2. The van der Waals surface area contributed by atoms with Crippen molar-refractivity contribution in [3.05, 3.63) is 75.7 Å². The Kier molecular flexibility index (Phi) is 17.1. The number of carbonyl (C=O) groups excluding carboxylic acids is 3. The standard InChI is InChI=1S/C37H49N13O18P2/c1-37(2,3)67-36(55)45-21(5-4-11-41-35(54)61-14-19-6-8-20(9-7-19)47-48-40)33(52)66-29-24(65-32(28(29)51)50-18-44-27-30(39)42-17-43-31(27)50)16-63-70(59,60)68-22-13-26(49-12-10-25(38)46-34(49)53)64-23(22)15-62-69(56,57)58/h6-10,12,17-18,21-24,26,28-29,32,51H,4-5,11,13-16H2,1-3H3,(H,41,54)(H,45,55)(H,59,60)(H2,38,46,53)(H2,39,42,43)(H2,56,57,58)/t21?,22-,23+,24+,26+,28+,29+,32+/m0/s1. The number of nitrogens with zero attached hydrogens (tertiary/aromatic N) is 9. The molecule has 3 aromatic heterocycles. The number of imidazole rings is 1. The van der Waals surface area contributed by atoms with Crippen LogP contribution >= 0.6 is 15.6 Å². The molecule has 2 aliphatic rings. The van der Waals surface area contributed by atoms with Crippen molar-refractivity contribution in [2.75, 3.05) is 31.2 Å². The molecule has 70 heavy (non-hydrogen) atoms. The molecule has 33 heteroatoms. The number of nitrogen functional groups attached to an aromatic ring is 2. The highest BCUT2D eigenvalue weighted by Crippen LogP contribution is 2.50. The molecular weight excluding hydrogens is 976 g/mol. The molecule has 380 valence electrons. The van der Waals surface area contributed by atoms with Crippen LogP contribution in [0.3, 0.4) is 0 Å². The molecule has 5 heterocycles. The normalized spacial score (nSPS) is 22.6. The summed E-state index contributed by atoms with van der Waals surface area (Å²) in [6, 6.07) is 6.02. The van der Waals surface area contributed by atoms with Gasteiger partial charge >= 0.3 is 39.5 Å². The zero-order chi connectivity index (χ0) is 51.0. The quantitative estimate of drug-likeness (QED) is 0.0119. The first-order valence-electron chi connectivity index (χ1n) is 20.9. The molecule has 2 saturated heterocycles. The number of carbonyl (C=O) groups is 3. The molecule has 2 unspecified atom stereocenters. The number of phosphoric acid groups is 2. The predicted molar refractivity (Wildman–Crippen MR) is 235 cm³/mol. The van der Waals surface area contributed by atoms with Crippen LogP contribution in [-0.2, 0) is 57.8 Å². The van der Waals surface area contributed by atoms with Crippen molar-refractivity contribution in [1.29, 1.82) is 0 Å². The average molecular weight is 1030 g/mol. The first kappa shape index (κ1) is 53.0. The highest BCUT2D eigenvalue weighted by Gasteiger charge is 2.50. The number of anilines is 2. The van der Waals surface area contributed by atoms with Gasteiger partial charge in [0.15, 0.2) is 23.8 Å². The smallest absolute Gasteiger partial charge is 0.455 e. The van der Waals surface area contributed by atoms with Gasteiger partial charge in [0, 0.05) is 29.8 Å². The summed E-state index contributed by atoms with van der Waals surface area (Å²) in [4.78, 5) is 100. The summed E-state index contributed by atoms with van der Waals surface area (Å²) < 4.78 is 70.7. The van der Waals surface area contributed by atoms with E-state index in [-0.39, 0.29) is 55.2 Å². The van der Waals surface area contributed by atoms with Crippen LogP contribution in [0.1, 0.15) is 58.1 Å². The van der Waals surface area contributed by atoms with E-state index in [0.29, 0.717) is 11.3 Å². The number of alkyl carbamates (subject to hydrolysis) is 2. The Morgan fingerprint density at radius 3 is 2.43 bits per heavy atom. The van der Waals surface area contributed by atoms with Gasteiger partial charge < -0.3 is 65.6 Å². The number of phosphoric ester groups is 2. The Labute approximate surface area is 395 Å². The summed E-state index contributed by atoms with van der Waals surface area (Å²) in [6.45, 7) is 2.70. The number of nitrogens with one attached hydrogen (secondary N) is 2. The van der Waals surface area contributed by atoms with Crippen LogP contribution < -0.4 is 27.8 Å².